The first-order valence-corrected chi connectivity index (χ1v) is 11.2. The molecule has 0 saturated carbocycles. The van der Waals surface area contributed by atoms with Gasteiger partial charge in [-0.3, -0.25) is 4.98 Å². The molecule has 0 aliphatic carbocycles. The van der Waals surface area contributed by atoms with Crippen molar-refractivity contribution in [2.45, 2.75) is 6.92 Å². The number of thiophene rings is 1. The van der Waals surface area contributed by atoms with E-state index in [4.69, 9.17) is 10.7 Å². The SMILES string of the molecule is Cc1cnc(NCCN2CCNC2=O)nc1-c1cc2cccc(-c3ccncc3N)c2s1. The molecule has 32 heavy (non-hydrogen) atoms. The molecule has 4 aromatic rings. The molecule has 1 fully saturated rings. The Balaban J connectivity index is 1.43. The summed E-state index contributed by atoms with van der Waals surface area (Å²) in [6, 6.07) is 10.3. The Hall–Kier alpha value is -3.72. The van der Waals surface area contributed by atoms with Gasteiger partial charge in [0.15, 0.2) is 0 Å². The first-order valence-electron chi connectivity index (χ1n) is 10.4. The van der Waals surface area contributed by atoms with Crippen molar-refractivity contribution >= 4 is 39.1 Å². The summed E-state index contributed by atoms with van der Waals surface area (Å²) in [6.07, 6.45) is 5.28. The van der Waals surface area contributed by atoms with E-state index in [9.17, 15) is 4.79 Å². The van der Waals surface area contributed by atoms with Crippen LogP contribution in [-0.2, 0) is 0 Å². The minimum atomic E-state index is -0.0202. The number of pyridine rings is 1. The lowest BCUT2D eigenvalue weighted by molar-refractivity contribution is 0.219. The number of nitrogens with two attached hydrogens (primary N) is 1. The largest absolute Gasteiger partial charge is 0.397 e. The zero-order chi connectivity index (χ0) is 22.1. The number of hydrogen-bond acceptors (Lipinski definition) is 7. The van der Waals surface area contributed by atoms with Crippen molar-refractivity contribution in [2.24, 2.45) is 0 Å². The number of hydrogen-bond donors (Lipinski definition) is 3. The number of amides is 2. The van der Waals surface area contributed by atoms with Gasteiger partial charge < -0.3 is 21.3 Å². The van der Waals surface area contributed by atoms with Crippen LogP contribution in [0, 0.1) is 6.92 Å². The summed E-state index contributed by atoms with van der Waals surface area (Å²) < 4.78 is 1.16. The molecule has 4 heterocycles. The van der Waals surface area contributed by atoms with Crippen LogP contribution in [0.2, 0.25) is 0 Å². The van der Waals surface area contributed by atoms with E-state index < -0.39 is 0 Å². The van der Waals surface area contributed by atoms with Crippen LogP contribution < -0.4 is 16.4 Å². The maximum atomic E-state index is 11.7. The number of anilines is 2. The summed E-state index contributed by atoms with van der Waals surface area (Å²) in [5, 5.41) is 7.20. The van der Waals surface area contributed by atoms with Crippen molar-refractivity contribution in [3.8, 4) is 21.7 Å². The fourth-order valence-electron chi connectivity index (χ4n) is 3.85. The van der Waals surface area contributed by atoms with Gasteiger partial charge in [-0.25, -0.2) is 14.8 Å². The Morgan fingerprint density at radius 2 is 2.16 bits per heavy atom. The van der Waals surface area contributed by atoms with Crippen LogP contribution in [0.25, 0.3) is 31.8 Å². The lowest BCUT2D eigenvalue weighted by Crippen LogP contribution is -2.32. The van der Waals surface area contributed by atoms with Crippen LogP contribution in [0.5, 0.6) is 0 Å². The molecule has 0 bridgehead atoms. The number of rotatable bonds is 6. The van der Waals surface area contributed by atoms with Crippen LogP contribution in [0.15, 0.2) is 48.9 Å². The highest BCUT2D eigenvalue weighted by Crippen LogP contribution is 2.40. The first kappa shape index (κ1) is 20.2. The fraction of sp³-hybridized carbons (Fsp3) is 0.217. The van der Waals surface area contributed by atoms with Crippen molar-refractivity contribution < 1.29 is 4.79 Å². The Morgan fingerprint density at radius 3 is 2.97 bits per heavy atom. The molecule has 1 saturated heterocycles. The van der Waals surface area contributed by atoms with E-state index in [-0.39, 0.29) is 6.03 Å². The van der Waals surface area contributed by atoms with Crippen LogP contribution in [0.4, 0.5) is 16.4 Å². The van der Waals surface area contributed by atoms with Crippen LogP contribution >= 0.6 is 11.3 Å². The minimum Gasteiger partial charge on any atom is -0.397 e. The molecular formula is C23H23N7OS. The number of carbonyl (C=O) groups excluding carboxylic acids is 1. The van der Waals surface area contributed by atoms with Gasteiger partial charge in [-0.1, -0.05) is 18.2 Å². The summed E-state index contributed by atoms with van der Waals surface area (Å²) >= 11 is 1.69. The molecule has 2 amide bonds. The molecule has 0 spiro atoms. The van der Waals surface area contributed by atoms with Crippen molar-refractivity contribution in [1.82, 2.24) is 25.2 Å². The van der Waals surface area contributed by atoms with E-state index in [0.717, 1.165) is 43.9 Å². The Morgan fingerprint density at radius 1 is 1.25 bits per heavy atom. The zero-order valence-corrected chi connectivity index (χ0v) is 18.4. The van der Waals surface area contributed by atoms with E-state index in [1.807, 2.05) is 25.3 Å². The van der Waals surface area contributed by atoms with Crippen molar-refractivity contribution in [1.29, 1.82) is 0 Å². The van der Waals surface area contributed by atoms with E-state index >= 15 is 0 Å². The predicted octanol–water partition coefficient (Wildman–Crippen LogP) is 3.75. The molecule has 8 nitrogen and oxygen atoms in total. The maximum absolute atomic E-state index is 11.7. The third kappa shape index (κ3) is 3.82. The van der Waals surface area contributed by atoms with Gasteiger partial charge in [-0.15, -0.1) is 11.3 Å². The molecule has 0 atom stereocenters. The zero-order valence-electron chi connectivity index (χ0n) is 17.6. The summed E-state index contributed by atoms with van der Waals surface area (Å²) in [4.78, 5) is 27.8. The van der Waals surface area contributed by atoms with Gasteiger partial charge in [-0.2, -0.15) is 0 Å². The standard InChI is InChI=1S/C23H23N7OS/c1-14-12-28-22(26-7-9-30-10-8-27-23(30)31)29-20(14)19-11-15-3-2-4-17(21(15)32-19)16-5-6-25-13-18(16)24/h2-6,11-13H,7-10,24H2,1H3,(H,27,31)(H,26,28,29). The average molecular weight is 446 g/mol. The number of urea groups is 1. The molecule has 4 N–H and O–H groups in total. The minimum absolute atomic E-state index is 0.0202. The fourth-order valence-corrected chi connectivity index (χ4v) is 5.09. The molecule has 9 heteroatoms. The molecule has 3 aromatic heterocycles. The Kier molecular flexibility index (Phi) is 5.32. The topological polar surface area (TPSA) is 109 Å². The summed E-state index contributed by atoms with van der Waals surface area (Å²) in [5.41, 5.74) is 10.8. The third-order valence-corrected chi connectivity index (χ3v) is 6.69. The third-order valence-electron chi connectivity index (χ3n) is 5.50. The maximum Gasteiger partial charge on any atom is 0.317 e. The first-order chi connectivity index (χ1) is 15.6. The molecule has 162 valence electrons. The van der Waals surface area contributed by atoms with Gasteiger partial charge in [0, 0.05) is 54.4 Å². The second-order valence-electron chi connectivity index (χ2n) is 7.67. The number of nitrogen functional groups attached to an aromatic ring is 1. The number of aromatic nitrogens is 3. The number of benzene rings is 1. The second-order valence-corrected chi connectivity index (χ2v) is 8.72. The van der Waals surface area contributed by atoms with Crippen molar-refractivity contribution in [3.63, 3.8) is 0 Å². The van der Waals surface area contributed by atoms with Gasteiger partial charge in [0.1, 0.15) is 0 Å². The molecule has 1 aliphatic rings. The van der Waals surface area contributed by atoms with Gasteiger partial charge in [0.2, 0.25) is 5.95 Å². The monoisotopic (exact) mass is 445 g/mol. The highest BCUT2D eigenvalue weighted by Gasteiger charge is 2.19. The summed E-state index contributed by atoms with van der Waals surface area (Å²) in [5.74, 6) is 0.557. The molecule has 1 aliphatic heterocycles. The highest BCUT2D eigenvalue weighted by molar-refractivity contribution is 7.22. The van der Waals surface area contributed by atoms with E-state index in [0.29, 0.717) is 31.3 Å². The molecule has 5 rings (SSSR count). The number of aryl methyl sites for hydroxylation is 1. The van der Waals surface area contributed by atoms with Crippen molar-refractivity contribution in [3.05, 3.63) is 54.5 Å². The predicted molar refractivity (Wildman–Crippen MR) is 129 cm³/mol. The number of fused-ring (bicyclic) bond motifs is 1. The summed E-state index contributed by atoms with van der Waals surface area (Å²) in [7, 11) is 0. The lowest BCUT2D eigenvalue weighted by Gasteiger charge is -2.14. The Labute approximate surface area is 189 Å². The van der Waals surface area contributed by atoms with Crippen LogP contribution in [-0.4, -0.2) is 52.1 Å². The van der Waals surface area contributed by atoms with E-state index in [2.05, 4.69) is 38.8 Å². The number of nitrogens with zero attached hydrogens (tertiary/aromatic N) is 4. The van der Waals surface area contributed by atoms with Crippen molar-refractivity contribution in [2.75, 3.05) is 37.2 Å². The van der Waals surface area contributed by atoms with Gasteiger partial charge in [0.05, 0.1) is 22.5 Å². The van der Waals surface area contributed by atoms with E-state index in [1.165, 1.54) is 0 Å². The normalized spacial score (nSPS) is 13.5. The van der Waals surface area contributed by atoms with E-state index in [1.54, 1.807) is 28.6 Å². The quantitative estimate of drug-likeness (QED) is 0.417. The Bertz CT molecular complexity index is 1300. The number of carbonyl (C=O) groups is 1. The van der Waals surface area contributed by atoms with Crippen LogP contribution in [0.1, 0.15) is 5.56 Å². The van der Waals surface area contributed by atoms with Gasteiger partial charge in [-0.05, 0) is 30.0 Å². The second kappa shape index (κ2) is 8.43. The lowest BCUT2D eigenvalue weighted by atomic mass is 10.0. The molecule has 0 unspecified atom stereocenters. The van der Waals surface area contributed by atoms with Gasteiger partial charge >= 0.3 is 6.03 Å². The average Bonchev–Trinajstić information content (AvgIpc) is 3.41. The molecule has 1 aromatic carbocycles. The smallest absolute Gasteiger partial charge is 0.317 e. The molecular weight excluding hydrogens is 422 g/mol. The highest BCUT2D eigenvalue weighted by atomic mass is 32.1. The summed E-state index contributed by atoms with van der Waals surface area (Å²) in [6.45, 7) is 4.64. The molecule has 0 radical (unpaired) electrons. The van der Waals surface area contributed by atoms with Gasteiger partial charge in [0.25, 0.3) is 0 Å². The van der Waals surface area contributed by atoms with Crippen LogP contribution in [0.3, 0.4) is 0 Å². The number of nitrogens with one attached hydrogen (secondary N) is 2.